The zero-order valence-corrected chi connectivity index (χ0v) is 10.3. The highest BCUT2D eigenvalue weighted by Gasteiger charge is 2.06. The third-order valence-corrected chi connectivity index (χ3v) is 2.19. The summed E-state index contributed by atoms with van der Waals surface area (Å²) in [6, 6.07) is 2.45. The first kappa shape index (κ1) is 12.0. The van der Waals surface area contributed by atoms with Crippen LogP contribution in [0.2, 0.25) is 0 Å². The smallest absolute Gasteiger partial charge is 0.130 e. The van der Waals surface area contributed by atoms with E-state index < -0.39 is 0 Å². The fourth-order valence-corrected chi connectivity index (χ4v) is 1.81. The Bertz CT molecular complexity index is 300. The molecule has 0 amide bonds. The molecular formula is C12H21N3. The summed E-state index contributed by atoms with van der Waals surface area (Å²) in [5.41, 5.74) is 1.02. The largest absolute Gasteiger partial charge is 0.367 e. The minimum atomic E-state index is 0.457. The van der Waals surface area contributed by atoms with Crippen molar-refractivity contribution in [3.05, 3.63) is 17.6 Å². The van der Waals surface area contributed by atoms with Gasteiger partial charge in [-0.25, -0.2) is 9.97 Å². The van der Waals surface area contributed by atoms with Crippen molar-refractivity contribution < 1.29 is 0 Å². The van der Waals surface area contributed by atoms with Crippen LogP contribution in [0.1, 0.15) is 38.7 Å². The highest BCUT2D eigenvalue weighted by molar-refractivity contribution is 5.36. The summed E-state index contributed by atoms with van der Waals surface area (Å²) < 4.78 is 0. The van der Waals surface area contributed by atoms with Crippen LogP contribution in [0.4, 0.5) is 5.82 Å². The van der Waals surface area contributed by atoms with Crippen molar-refractivity contribution in [1.82, 2.24) is 9.97 Å². The number of nitrogens with one attached hydrogen (secondary N) is 1. The van der Waals surface area contributed by atoms with Crippen LogP contribution in [-0.4, -0.2) is 16.0 Å². The molecular weight excluding hydrogens is 186 g/mol. The minimum absolute atomic E-state index is 0.457. The molecule has 0 fully saturated rings. The maximum atomic E-state index is 4.36. The maximum Gasteiger partial charge on any atom is 0.130 e. The van der Waals surface area contributed by atoms with Gasteiger partial charge in [0.1, 0.15) is 11.6 Å². The van der Waals surface area contributed by atoms with Crippen LogP contribution in [0.5, 0.6) is 0 Å². The molecule has 1 unspecified atom stereocenters. The van der Waals surface area contributed by atoms with Gasteiger partial charge in [-0.1, -0.05) is 13.8 Å². The summed E-state index contributed by atoms with van der Waals surface area (Å²) in [5, 5.41) is 3.40. The van der Waals surface area contributed by atoms with E-state index in [2.05, 4.69) is 36.1 Å². The number of hydrogen-bond acceptors (Lipinski definition) is 3. The molecule has 15 heavy (non-hydrogen) atoms. The Balaban J connectivity index is 2.63. The number of nitrogens with zero attached hydrogens (tertiary/aromatic N) is 2. The van der Waals surface area contributed by atoms with Gasteiger partial charge in [-0.2, -0.15) is 0 Å². The monoisotopic (exact) mass is 207 g/mol. The van der Waals surface area contributed by atoms with E-state index in [0.29, 0.717) is 12.0 Å². The van der Waals surface area contributed by atoms with Crippen molar-refractivity contribution in [3.63, 3.8) is 0 Å². The Labute approximate surface area is 92.3 Å². The molecule has 1 atom stereocenters. The standard InChI is InChI=1S/C12H21N3/c1-8(2)6-9(3)14-12-7-10(4)13-11(5)15-12/h7-9H,6H2,1-5H3,(H,13,14,15). The lowest BCUT2D eigenvalue weighted by atomic mass is 10.1. The second kappa shape index (κ2) is 5.10. The van der Waals surface area contributed by atoms with Crippen LogP contribution >= 0.6 is 0 Å². The Hall–Kier alpha value is -1.12. The zero-order valence-electron chi connectivity index (χ0n) is 10.3. The highest BCUT2D eigenvalue weighted by Crippen LogP contribution is 2.11. The van der Waals surface area contributed by atoms with Gasteiger partial charge in [-0.3, -0.25) is 0 Å². The molecule has 0 bridgehead atoms. The molecule has 1 N–H and O–H groups in total. The summed E-state index contributed by atoms with van der Waals surface area (Å²) in [6.07, 6.45) is 1.15. The van der Waals surface area contributed by atoms with Gasteiger partial charge in [0.15, 0.2) is 0 Å². The number of hydrogen-bond donors (Lipinski definition) is 1. The molecule has 0 spiro atoms. The normalized spacial score (nSPS) is 12.9. The number of aromatic nitrogens is 2. The second-order valence-electron chi connectivity index (χ2n) is 4.62. The van der Waals surface area contributed by atoms with Crippen LogP contribution in [0.3, 0.4) is 0 Å². The number of anilines is 1. The molecule has 0 saturated carbocycles. The fraction of sp³-hybridized carbons (Fsp3) is 0.667. The van der Waals surface area contributed by atoms with E-state index in [-0.39, 0.29) is 0 Å². The van der Waals surface area contributed by atoms with Gasteiger partial charge in [-0.05, 0) is 33.1 Å². The first-order chi connectivity index (χ1) is 6.97. The Morgan fingerprint density at radius 2 is 1.87 bits per heavy atom. The van der Waals surface area contributed by atoms with Gasteiger partial charge in [0.2, 0.25) is 0 Å². The van der Waals surface area contributed by atoms with E-state index in [0.717, 1.165) is 23.8 Å². The molecule has 1 aromatic rings. The molecule has 1 rings (SSSR count). The molecule has 1 aromatic heterocycles. The molecule has 0 saturated heterocycles. The average Bonchev–Trinajstić information content (AvgIpc) is 1.98. The third kappa shape index (κ3) is 4.28. The number of aryl methyl sites for hydroxylation is 2. The van der Waals surface area contributed by atoms with Gasteiger partial charge < -0.3 is 5.32 Å². The molecule has 84 valence electrons. The lowest BCUT2D eigenvalue weighted by Gasteiger charge is -2.16. The Morgan fingerprint density at radius 1 is 1.20 bits per heavy atom. The molecule has 1 heterocycles. The van der Waals surface area contributed by atoms with Gasteiger partial charge >= 0.3 is 0 Å². The Kier molecular flexibility index (Phi) is 4.06. The predicted octanol–water partition coefficient (Wildman–Crippen LogP) is 2.94. The van der Waals surface area contributed by atoms with Crippen LogP contribution < -0.4 is 5.32 Å². The van der Waals surface area contributed by atoms with Gasteiger partial charge in [0.05, 0.1) is 0 Å². The van der Waals surface area contributed by atoms with Crippen molar-refractivity contribution in [2.24, 2.45) is 5.92 Å². The summed E-state index contributed by atoms with van der Waals surface area (Å²) >= 11 is 0. The van der Waals surface area contributed by atoms with Gasteiger partial charge in [-0.15, -0.1) is 0 Å². The van der Waals surface area contributed by atoms with E-state index in [9.17, 15) is 0 Å². The van der Waals surface area contributed by atoms with Gasteiger partial charge in [0.25, 0.3) is 0 Å². The van der Waals surface area contributed by atoms with E-state index >= 15 is 0 Å². The van der Waals surface area contributed by atoms with E-state index in [4.69, 9.17) is 0 Å². The quantitative estimate of drug-likeness (QED) is 0.825. The van der Waals surface area contributed by atoms with Crippen molar-refractivity contribution in [2.45, 2.75) is 47.1 Å². The van der Waals surface area contributed by atoms with E-state index in [1.807, 2.05) is 19.9 Å². The summed E-state index contributed by atoms with van der Waals surface area (Å²) in [4.78, 5) is 8.61. The Morgan fingerprint density at radius 3 is 2.40 bits per heavy atom. The minimum Gasteiger partial charge on any atom is -0.367 e. The summed E-state index contributed by atoms with van der Waals surface area (Å²) in [7, 11) is 0. The van der Waals surface area contributed by atoms with Crippen molar-refractivity contribution >= 4 is 5.82 Å². The molecule has 0 aliphatic rings. The topological polar surface area (TPSA) is 37.8 Å². The van der Waals surface area contributed by atoms with E-state index in [1.165, 1.54) is 0 Å². The average molecular weight is 207 g/mol. The summed E-state index contributed by atoms with van der Waals surface area (Å²) in [6.45, 7) is 10.6. The van der Waals surface area contributed by atoms with Gasteiger partial charge in [0, 0.05) is 17.8 Å². The highest BCUT2D eigenvalue weighted by atomic mass is 15.0. The first-order valence-electron chi connectivity index (χ1n) is 5.56. The van der Waals surface area contributed by atoms with Crippen LogP contribution in [0, 0.1) is 19.8 Å². The first-order valence-corrected chi connectivity index (χ1v) is 5.56. The van der Waals surface area contributed by atoms with Crippen LogP contribution in [0.15, 0.2) is 6.07 Å². The summed E-state index contributed by atoms with van der Waals surface area (Å²) in [5.74, 6) is 2.47. The maximum absolute atomic E-state index is 4.36. The van der Waals surface area contributed by atoms with Crippen molar-refractivity contribution in [1.29, 1.82) is 0 Å². The lowest BCUT2D eigenvalue weighted by Crippen LogP contribution is -2.18. The molecule has 0 radical (unpaired) electrons. The second-order valence-corrected chi connectivity index (χ2v) is 4.62. The van der Waals surface area contributed by atoms with Crippen LogP contribution in [-0.2, 0) is 0 Å². The molecule has 0 aromatic carbocycles. The lowest BCUT2D eigenvalue weighted by molar-refractivity contribution is 0.538. The molecule has 0 aliphatic heterocycles. The van der Waals surface area contributed by atoms with Crippen LogP contribution in [0.25, 0.3) is 0 Å². The molecule has 0 aliphatic carbocycles. The SMILES string of the molecule is Cc1cc(NC(C)CC(C)C)nc(C)n1. The van der Waals surface area contributed by atoms with E-state index in [1.54, 1.807) is 0 Å². The van der Waals surface area contributed by atoms with Crippen molar-refractivity contribution in [3.8, 4) is 0 Å². The molecule has 3 heteroatoms. The fourth-order valence-electron chi connectivity index (χ4n) is 1.81. The molecule has 3 nitrogen and oxygen atoms in total. The zero-order chi connectivity index (χ0) is 11.4. The predicted molar refractivity (Wildman–Crippen MR) is 64.0 cm³/mol. The third-order valence-electron chi connectivity index (χ3n) is 2.19. The van der Waals surface area contributed by atoms with Crippen molar-refractivity contribution in [2.75, 3.05) is 5.32 Å². The number of rotatable bonds is 4.